The molecule has 0 saturated heterocycles. The molecule has 0 aliphatic rings. The number of carbonyl (C=O) groups is 1. The number of aromatic amines is 1. The first-order chi connectivity index (χ1) is 22.5. The molecule has 0 spiro atoms. The van der Waals surface area contributed by atoms with E-state index in [2.05, 4.69) is 24.6 Å². The third kappa shape index (κ3) is 8.50. The lowest BCUT2D eigenvalue weighted by molar-refractivity contribution is 0.0299. The topological polar surface area (TPSA) is 163 Å². The second kappa shape index (κ2) is 15.9. The quantitative estimate of drug-likeness (QED) is 0.0931. The van der Waals surface area contributed by atoms with Gasteiger partial charge in [0.25, 0.3) is 5.56 Å². The molecule has 4 rings (SSSR count). The first-order valence-electron chi connectivity index (χ1n) is 14.5. The summed E-state index contributed by atoms with van der Waals surface area (Å²) >= 11 is 0. The molecule has 1 N–H and O–H groups in total. The van der Waals surface area contributed by atoms with Crippen LogP contribution in [0.5, 0.6) is 23.0 Å². The summed E-state index contributed by atoms with van der Waals surface area (Å²) in [6.45, 7) is 5.96. The van der Waals surface area contributed by atoms with E-state index in [4.69, 9.17) is 47.0 Å². The third-order valence-corrected chi connectivity index (χ3v) is 8.50. The number of hydrogen-bond acceptors (Lipinski definition) is 13. The minimum absolute atomic E-state index is 0.000769. The van der Waals surface area contributed by atoms with Crippen molar-refractivity contribution in [2.45, 2.75) is 25.7 Å². The van der Waals surface area contributed by atoms with Crippen molar-refractivity contribution >= 4 is 35.9 Å². The van der Waals surface area contributed by atoms with Crippen LogP contribution in [0.25, 0.3) is 33.0 Å². The number of pyridine rings is 1. The Morgan fingerprint density at radius 1 is 0.766 bits per heavy atom. The monoisotopic (exact) mass is 673 g/mol. The second-order valence-electron chi connectivity index (χ2n) is 11.5. The summed E-state index contributed by atoms with van der Waals surface area (Å²) in [7, 11) is 4.20. The van der Waals surface area contributed by atoms with E-state index in [0.29, 0.717) is 28.4 Å². The largest absolute Gasteiger partial charge is 0.464 e. The van der Waals surface area contributed by atoms with Crippen LogP contribution in [-0.4, -0.2) is 81.2 Å². The normalized spacial score (nSPS) is 11.6. The highest BCUT2D eigenvalue weighted by Crippen LogP contribution is 2.39. The van der Waals surface area contributed by atoms with Crippen molar-refractivity contribution in [2.24, 2.45) is 0 Å². The standard InChI is InChI=1S/C32H39NO13Si/c1-37-15-43-23-11-19-10-20(31(35)33-22(19)12-24(23)44-16-38-2)21-14-42-25-13-26(45-17-39-3)30(46-18-40-4)28(27(25)29(21)34)32(36)41-8-9-47(5,6)7/h10-14H,8-9,15-18H2,1-7H3,(H,33,35). The summed E-state index contributed by atoms with van der Waals surface area (Å²) in [6.07, 6.45) is 1.15. The molecule has 0 fully saturated rings. The summed E-state index contributed by atoms with van der Waals surface area (Å²) in [5.74, 6) is -0.260. The Morgan fingerprint density at radius 2 is 1.36 bits per heavy atom. The van der Waals surface area contributed by atoms with Crippen LogP contribution in [0, 0.1) is 0 Å². The number of esters is 1. The van der Waals surface area contributed by atoms with Gasteiger partial charge in [-0.1, -0.05) is 19.6 Å². The van der Waals surface area contributed by atoms with Crippen molar-refractivity contribution in [1.29, 1.82) is 0 Å². The van der Waals surface area contributed by atoms with Gasteiger partial charge in [-0.05, 0) is 18.2 Å². The van der Waals surface area contributed by atoms with E-state index < -0.39 is 25.0 Å². The molecule has 0 aliphatic heterocycles. The van der Waals surface area contributed by atoms with E-state index in [1.807, 2.05) is 0 Å². The Balaban J connectivity index is 1.94. The maximum Gasteiger partial charge on any atom is 0.342 e. The zero-order valence-corrected chi connectivity index (χ0v) is 28.4. The Labute approximate surface area is 271 Å². The fourth-order valence-electron chi connectivity index (χ4n) is 4.52. The smallest absolute Gasteiger partial charge is 0.342 e. The molecule has 0 atom stereocenters. The van der Waals surface area contributed by atoms with Crippen LogP contribution in [0.15, 0.2) is 44.5 Å². The van der Waals surface area contributed by atoms with Crippen molar-refractivity contribution in [3.05, 3.63) is 56.7 Å². The Hall–Kier alpha value is -4.41. The number of hydrogen-bond donors (Lipinski definition) is 1. The summed E-state index contributed by atoms with van der Waals surface area (Å²) in [4.78, 5) is 44.2. The fourth-order valence-corrected chi connectivity index (χ4v) is 5.24. The van der Waals surface area contributed by atoms with E-state index in [-0.39, 0.29) is 72.9 Å². The van der Waals surface area contributed by atoms with Crippen molar-refractivity contribution in [3.8, 4) is 34.1 Å². The minimum Gasteiger partial charge on any atom is -0.464 e. The van der Waals surface area contributed by atoms with Gasteiger partial charge in [-0.15, -0.1) is 0 Å². The number of methoxy groups -OCH3 is 4. The number of carbonyl (C=O) groups excluding carboxylic acids is 1. The van der Waals surface area contributed by atoms with E-state index in [1.165, 1.54) is 40.6 Å². The zero-order chi connectivity index (χ0) is 34.1. The van der Waals surface area contributed by atoms with Gasteiger partial charge in [-0.3, -0.25) is 9.59 Å². The van der Waals surface area contributed by atoms with Crippen LogP contribution < -0.4 is 29.9 Å². The molecule has 47 heavy (non-hydrogen) atoms. The lowest BCUT2D eigenvalue weighted by Crippen LogP contribution is -2.23. The second-order valence-corrected chi connectivity index (χ2v) is 17.1. The molecule has 0 saturated carbocycles. The summed E-state index contributed by atoms with van der Waals surface area (Å²) < 4.78 is 54.4. The number of ether oxygens (including phenoxy) is 9. The SMILES string of the molecule is COCOc1cc2cc(-c3coc4cc(OCOC)c(OCOC)c(C(=O)OCC[Si](C)(C)C)c4c3=O)c(=O)[nH]c2cc1OCOC. The first kappa shape index (κ1) is 35.4. The molecule has 2 aromatic heterocycles. The Bertz CT molecular complexity index is 1830. The van der Waals surface area contributed by atoms with Crippen LogP contribution in [0.1, 0.15) is 10.4 Å². The lowest BCUT2D eigenvalue weighted by atomic mass is 10.0. The highest BCUT2D eigenvalue weighted by Gasteiger charge is 2.29. The van der Waals surface area contributed by atoms with Gasteiger partial charge in [0.15, 0.2) is 50.2 Å². The maximum atomic E-state index is 14.3. The molecule has 2 heterocycles. The van der Waals surface area contributed by atoms with Crippen molar-refractivity contribution in [3.63, 3.8) is 0 Å². The number of H-pyrrole nitrogens is 1. The fraction of sp³-hybridized carbons (Fsp3) is 0.406. The van der Waals surface area contributed by atoms with E-state index in [1.54, 1.807) is 12.1 Å². The maximum absolute atomic E-state index is 14.3. The number of rotatable bonds is 17. The van der Waals surface area contributed by atoms with Gasteiger partial charge in [0.2, 0.25) is 5.43 Å². The average Bonchev–Trinajstić information content (AvgIpc) is 3.03. The molecule has 0 amide bonds. The summed E-state index contributed by atoms with van der Waals surface area (Å²) in [6, 6.07) is 6.79. The summed E-state index contributed by atoms with van der Waals surface area (Å²) in [5, 5.41) is 0.344. The molecule has 0 radical (unpaired) electrons. The van der Waals surface area contributed by atoms with Gasteiger partial charge in [0, 0.05) is 54.0 Å². The number of benzene rings is 2. The van der Waals surface area contributed by atoms with Crippen molar-refractivity contribution in [2.75, 3.05) is 62.2 Å². The number of aromatic nitrogens is 1. The summed E-state index contributed by atoms with van der Waals surface area (Å²) in [5.41, 5.74) is -1.23. The van der Waals surface area contributed by atoms with E-state index >= 15 is 0 Å². The zero-order valence-electron chi connectivity index (χ0n) is 27.4. The predicted octanol–water partition coefficient (Wildman–Crippen LogP) is 4.73. The molecule has 4 aromatic rings. The number of nitrogens with one attached hydrogen (secondary N) is 1. The van der Waals surface area contributed by atoms with Gasteiger partial charge in [0.05, 0.1) is 28.6 Å². The van der Waals surface area contributed by atoms with Crippen LogP contribution in [-0.2, 0) is 23.7 Å². The third-order valence-electron chi connectivity index (χ3n) is 6.79. The van der Waals surface area contributed by atoms with Gasteiger partial charge < -0.3 is 52.0 Å². The molecule has 0 bridgehead atoms. The predicted molar refractivity (Wildman–Crippen MR) is 174 cm³/mol. The molecule has 0 aliphatic carbocycles. The molecular weight excluding hydrogens is 634 g/mol. The average molecular weight is 674 g/mol. The van der Waals surface area contributed by atoms with Gasteiger partial charge in [-0.25, -0.2) is 4.79 Å². The van der Waals surface area contributed by atoms with Crippen molar-refractivity contribution in [1.82, 2.24) is 4.98 Å². The molecular formula is C32H39NO13Si. The van der Waals surface area contributed by atoms with Gasteiger partial charge >= 0.3 is 5.97 Å². The highest BCUT2D eigenvalue weighted by atomic mass is 28.3. The molecule has 254 valence electrons. The van der Waals surface area contributed by atoms with Crippen LogP contribution in [0.3, 0.4) is 0 Å². The lowest BCUT2D eigenvalue weighted by Gasteiger charge is -2.19. The molecule has 14 nitrogen and oxygen atoms in total. The molecule has 15 heteroatoms. The van der Waals surface area contributed by atoms with Gasteiger partial charge in [-0.2, -0.15) is 0 Å². The van der Waals surface area contributed by atoms with Crippen molar-refractivity contribution < 1.29 is 51.8 Å². The highest BCUT2D eigenvalue weighted by molar-refractivity contribution is 6.76. The first-order valence-corrected chi connectivity index (χ1v) is 18.2. The Morgan fingerprint density at radius 3 is 1.98 bits per heavy atom. The van der Waals surface area contributed by atoms with E-state index in [0.717, 1.165) is 6.26 Å². The van der Waals surface area contributed by atoms with Crippen LogP contribution >= 0.6 is 0 Å². The van der Waals surface area contributed by atoms with E-state index in [9.17, 15) is 14.4 Å². The van der Waals surface area contributed by atoms with Gasteiger partial charge in [0.1, 0.15) is 17.4 Å². The molecule has 0 unspecified atom stereocenters. The molecule has 2 aromatic carbocycles. The minimum atomic E-state index is -1.57. The van der Waals surface area contributed by atoms with Crippen LogP contribution in [0.4, 0.5) is 0 Å². The number of fused-ring (bicyclic) bond motifs is 2. The van der Waals surface area contributed by atoms with Crippen LogP contribution in [0.2, 0.25) is 25.7 Å². The Kier molecular flexibility index (Phi) is 12.0.